The number of nitrogens with one attached hydrogen (secondary N) is 1. The topological polar surface area (TPSA) is 85.6 Å². The van der Waals surface area contributed by atoms with Gasteiger partial charge in [0.25, 0.3) is 0 Å². The molecule has 0 saturated carbocycles. The Labute approximate surface area is 160 Å². The molecule has 0 radical (unpaired) electrons. The van der Waals surface area contributed by atoms with Crippen LogP contribution in [0.4, 0.5) is 5.69 Å². The lowest BCUT2D eigenvalue weighted by molar-refractivity contribution is -0.113. The Morgan fingerprint density at radius 1 is 1.27 bits per heavy atom. The zero-order chi connectivity index (χ0) is 18.7. The van der Waals surface area contributed by atoms with Gasteiger partial charge in [-0.1, -0.05) is 29.4 Å². The molecule has 3 rings (SSSR count). The number of carbonyl (C=O) groups is 1. The van der Waals surface area contributed by atoms with Gasteiger partial charge >= 0.3 is 0 Å². The first-order valence-electron chi connectivity index (χ1n) is 7.81. The van der Waals surface area contributed by atoms with Gasteiger partial charge in [0.05, 0.1) is 22.7 Å². The number of carbonyl (C=O) groups excluding carboxylic acids is 1. The second kappa shape index (κ2) is 7.84. The van der Waals surface area contributed by atoms with Crippen molar-refractivity contribution in [3.05, 3.63) is 46.9 Å². The molecular formula is C17H17ClN6OS. The highest BCUT2D eigenvalue weighted by atomic mass is 35.5. The van der Waals surface area contributed by atoms with E-state index < -0.39 is 0 Å². The first-order valence-corrected chi connectivity index (χ1v) is 9.17. The molecule has 134 valence electrons. The minimum Gasteiger partial charge on any atom is -0.324 e. The summed E-state index contributed by atoms with van der Waals surface area (Å²) in [6, 6.07) is 3.80. The summed E-state index contributed by atoms with van der Waals surface area (Å²) in [5.41, 5.74) is 3.24. The van der Waals surface area contributed by atoms with Crippen LogP contribution in [0.5, 0.6) is 0 Å². The minimum absolute atomic E-state index is 0.159. The number of thioether (sulfide) groups is 1. The van der Waals surface area contributed by atoms with Crippen LogP contribution in [0, 0.1) is 13.8 Å². The second-order valence-corrected chi connectivity index (χ2v) is 7.08. The first kappa shape index (κ1) is 18.3. The lowest BCUT2D eigenvalue weighted by atomic mass is 10.1. The Morgan fingerprint density at radius 3 is 2.77 bits per heavy atom. The fourth-order valence-electron chi connectivity index (χ4n) is 2.46. The van der Waals surface area contributed by atoms with Gasteiger partial charge in [-0.3, -0.25) is 9.78 Å². The molecule has 0 atom stereocenters. The predicted octanol–water partition coefficient (Wildman–Crippen LogP) is 3.27. The second-order valence-electron chi connectivity index (χ2n) is 5.73. The molecule has 0 bridgehead atoms. The number of hydrogen-bond donors (Lipinski definition) is 1. The predicted molar refractivity (Wildman–Crippen MR) is 102 cm³/mol. The molecule has 9 heteroatoms. The van der Waals surface area contributed by atoms with Crippen LogP contribution in [-0.2, 0) is 11.8 Å². The van der Waals surface area contributed by atoms with Crippen LogP contribution in [0.25, 0.3) is 11.5 Å². The molecule has 0 aliphatic heterocycles. The lowest BCUT2D eigenvalue weighted by Crippen LogP contribution is -2.15. The molecule has 0 aliphatic rings. The Morgan fingerprint density at radius 2 is 2.08 bits per heavy atom. The molecule has 2 heterocycles. The van der Waals surface area contributed by atoms with Gasteiger partial charge in [0.15, 0.2) is 11.0 Å². The first-order chi connectivity index (χ1) is 12.5. The number of aryl methyl sites for hydroxylation is 2. The van der Waals surface area contributed by atoms with E-state index in [1.807, 2.05) is 33.0 Å². The van der Waals surface area contributed by atoms with E-state index in [1.54, 1.807) is 23.2 Å². The van der Waals surface area contributed by atoms with Gasteiger partial charge in [-0.2, -0.15) is 0 Å². The van der Waals surface area contributed by atoms with E-state index in [2.05, 4.69) is 25.5 Å². The van der Waals surface area contributed by atoms with Crippen molar-refractivity contribution >= 4 is 35.0 Å². The molecule has 0 unspecified atom stereocenters. The van der Waals surface area contributed by atoms with Gasteiger partial charge in [-0.25, -0.2) is 4.98 Å². The van der Waals surface area contributed by atoms with Crippen LogP contribution < -0.4 is 5.32 Å². The van der Waals surface area contributed by atoms with Crippen molar-refractivity contribution in [1.29, 1.82) is 0 Å². The average molecular weight is 389 g/mol. The summed E-state index contributed by atoms with van der Waals surface area (Å²) < 4.78 is 1.78. The van der Waals surface area contributed by atoms with Crippen LogP contribution in [-0.4, -0.2) is 36.4 Å². The molecule has 0 aliphatic carbocycles. The van der Waals surface area contributed by atoms with E-state index in [0.717, 1.165) is 11.1 Å². The standard InChI is InChI=1S/C17H17ClN6OS/c1-10-6-11(2)15(12(18)7-10)21-14(25)9-26-17-23-22-16(24(17)3)13-8-19-4-5-20-13/h4-8H,9H2,1-3H3,(H,21,25). The fraction of sp³-hybridized carbons (Fsp3) is 0.235. The van der Waals surface area contributed by atoms with Gasteiger partial charge in [-0.15, -0.1) is 10.2 Å². The molecule has 1 amide bonds. The number of benzene rings is 1. The summed E-state index contributed by atoms with van der Waals surface area (Å²) in [7, 11) is 1.82. The van der Waals surface area contributed by atoms with E-state index in [-0.39, 0.29) is 11.7 Å². The molecule has 26 heavy (non-hydrogen) atoms. The molecule has 1 aromatic carbocycles. The van der Waals surface area contributed by atoms with Gasteiger partial charge in [-0.05, 0) is 31.0 Å². The molecule has 0 spiro atoms. The number of amides is 1. The van der Waals surface area contributed by atoms with Gasteiger partial charge < -0.3 is 9.88 Å². The highest BCUT2D eigenvalue weighted by molar-refractivity contribution is 7.99. The van der Waals surface area contributed by atoms with Crippen molar-refractivity contribution in [1.82, 2.24) is 24.7 Å². The van der Waals surface area contributed by atoms with Crippen LogP contribution in [0.3, 0.4) is 0 Å². The summed E-state index contributed by atoms with van der Waals surface area (Å²) in [4.78, 5) is 20.5. The maximum absolute atomic E-state index is 12.3. The number of halogens is 1. The van der Waals surface area contributed by atoms with Crippen LogP contribution >= 0.6 is 23.4 Å². The van der Waals surface area contributed by atoms with Crippen molar-refractivity contribution in [2.45, 2.75) is 19.0 Å². The van der Waals surface area contributed by atoms with Crippen LogP contribution in [0.2, 0.25) is 5.02 Å². The van der Waals surface area contributed by atoms with E-state index in [9.17, 15) is 4.79 Å². The average Bonchev–Trinajstić information content (AvgIpc) is 2.98. The summed E-state index contributed by atoms with van der Waals surface area (Å²) in [6.07, 6.45) is 4.81. The van der Waals surface area contributed by atoms with E-state index in [4.69, 9.17) is 11.6 Å². The monoisotopic (exact) mass is 388 g/mol. The summed E-state index contributed by atoms with van der Waals surface area (Å²) in [5, 5.41) is 12.3. The van der Waals surface area contributed by atoms with Crippen molar-refractivity contribution in [3.8, 4) is 11.5 Å². The third-order valence-electron chi connectivity index (χ3n) is 3.66. The quantitative estimate of drug-likeness (QED) is 0.675. The summed E-state index contributed by atoms with van der Waals surface area (Å²) in [6.45, 7) is 3.88. The van der Waals surface area contributed by atoms with E-state index in [1.165, 1.54) is 11.8 Å². The van der Waals surface area contributed by atoms with E-state index in [0.29, 0.717) is 27.4 Å². The largest absolute Gasteiger partial charge is 0.324 e. The van der Waals surface area contributed by atoms with Crippen LogP contribution in [0.15, 0.2) is 35.9 Å². The molecule has 0 fully saturated rings. The molecule has 2 aromatic heterocycles. The molecule has 0 saturated heterocycles. The lowest BCUT2D eigenvalue weighted by Gasteiger charge is -2.11. The third-order valence-corrected chi connectivity index (χ3v) is 4.97. The number of anilines is 1. The summed E-state index contributed by atoms with van der Waals surface area (Å²) >= 11 is 7.52. The fourth-order valence-corrected chi connectivity index (χ4v) is 3.54. The minimum atomic E-state index is -0.159. The number of hydrogen-bond acceptors (Lipinski definition) is 6. The summed E-state index contributed by atoms with van der Waals surface area (Å²) in [5.74, 6) is 0.627. The molecular weight excluding hydrogens is 372 g/mol. The van der Waals surface area contributed by atoms with Crippen molar-refractivity contribution in [2.75, 3.05) is 11.1 Å². The zero-order valence-electron chi connectivity index (χ0n) is 14.5. The number of aromatic nitrogens is 5. The van der Waals surface area contributed by atoms with Crippen molar-refractivity contribution in [2.24, 2.45) is 7.05 Å². The number of nitrogens with zero attached hydrogens (tertiary/aromatic N) is 5. The third kappa shape index (κ3) is 4.03. The highest BCUT2D eigenvalue weighted by Gasteiger charge is 2.15. The SMILES string of the molecule is Cc1cc(C)c(NC(=O)CSc2nnc(-c3cnccn3)n2C)c(Cl)c1. The van der Waals surface area contributed by atoms with Crippen molar-refractivity contribution in [3.63, 3.8) is 0 Å². The Bertz CT molecular complexity index is 921. The van der Waals surface area contributed by atoms with Gasteiger partial charge in [0, 0.05) is 19.4 Å². The number of rotatable bonds is 5. The van der Waals surface area contributed by atoms with Crippen LogP contribution in [0.1, 0.15) is 11.1 Å². The highest BCUT2D eigenvalue weighted by Crippen LogP contribution is 2.28. The Hall–Kier alpha value is -2.45. The molecule has 1 N–H and O–H groups in total. The normalized spacial score (nSPS) is 10.8. The van der Waals surface area contributed by atoms with Gasteiger partial charge in [0.1, 0.15) is 5.69 Å². The van der Waals surface area contributed by atoms with Crippen molar-refractivity contribution < 1.29 is 4.79 Å². The van der Waals surface area contributed by atoms with E-state index >= 15 is 0 Å². The Balaban J connectivity index is 1.67. The maximum Gasteiger partial charge on any atom is 0.234 e. The Kier molecular flexibility index (Phi) is 5.53. The molecule has 3 aromatic rings. The maximum atomic E-state index is 12.3. The van der Waals surface area contributed by atoms with Gasteiger partial charge in [0.2, 0.25) is 5.91 Å². The molecule has 7 nitrogen and oxygen atoms in total. The smallest absolute Gasteiger partial charge is 0.234 e. The zero-order valence-corrected chi connectivity index (χ0v) is 16.1.